The Bertz CT molecular complexity index is 180. The lowest BCUT2D eigenvalue weighted by Crippen LogP contribution is -1.77. The minimum Gasteiger partial charge on any atom is -0.198 e. The minimum absolute atomic E-state index is 0.582. The Morgan fingerprint density at radius 3 is 2.50 bits per heavy atom. The highest BCUT2D eigenvalue weighted by atomic mass is 14.2. The van der Waals surface area contributed by atoms with E-state index in [1.54, 1.807) is 0 Å². The van der Waals surface area contributed by atoms with Crippen molar-refractivity contribution in [3.8, 4) is 12.1 Å². The summed E-state index contributed by atoms with van der Waals surface area (Å²) >= 11 is 0. The molecule has 0 aromatic carbocycles. The summed E-state index contributed by atoms with van der Waals surface area (Å²) in [7, 11) is 0. The van der Waals surface area contributed by atoms with E-state index < -0.39 is 0 Å². The van der Waals surface area contributed by atoms with Crippen molar-refractivity contribution in [1.82, 2.24) is 0 Å². The van der Waals surface area contributed by atoms with Gasteiger partial charge in [-0.15, -0.1) is 0 Å². The van der Waals surface area contributed by atoms with E-state index in [-0.39, 0.29) is 0 Å². The zero-order valence-corrected chi connectivity index (χ0v) is 5.93. The van der Waals surface area contributed by atoms with Crippen LogP contribution in [0.4, 0.5) is 0 Å². The van der Waals surface area contributed by atoms with Gasteiger partial charge in [0.25, 0.3) is 0 Å². The fourth-order valence-corrected chi connectivity index (χ4v) is 0.598. The van der Waals surface area contributed by atoms with E-state index in [4.69, 9.17) is 10.5 Å². The van der Waals surface area contributed by atoms with Crippen LogP contribution in [0.3, 0.4) is 0 Å². The number of hydrogen-bond acceptors (Lipinski definition) is 2. The van der Waals surface area contributed by atoms with Crippen molar-refractivity contribution in [3.05, 3.63) is 12.2 Å². The molecular formula is C8H10N2. The molecule has 0 aliphatic heterocycles. The molecule has 0 bridgehead atoms. The maximum atomic E-state index is 8.28. The number of rotatable bonds is 4. The summed E-state index contributed by atoms with van der Waals surface area (Å²) in [6, 6.07) is 4.01. The largest absolute Gasteiger partial charge is 0.198 e. The summed E-state index contributed by atoms with van der Waals surface area (Å²) in [6.07, 6.45) is 3.09. The Morgan fingerprint density at radius 1 is 1.30 bits per heavy atom. The van der Waals surface area contributed by atoms with Gasteiger partial charge in [0.15, 0.2) is 0 Å². The molecule has 0 radical (unpaired) electrons. The number of nitrogens with zero attached hydrogens (tertiary/aromatic N) is 2. The molecule has 0 spiro atoms. The van der Waals surface area contributed by atoms with Gasteiger partial charge in [-0.2, -0.15) is 10.5 Å². The van der Waals surface area contributed by atoms with Crippen LogP contribution in [-0.2, 0) is 0 Å². The first-order chi connectivity index (χ1) is 4.81. The van der Waals surface area contributed by atoms with E-state index in [1.807, 2.05) is 12.1 Å². The molecule has 0 unspecified atom stereocenters. The van der Waals surface area contributed by atoms with Crippen LogP contribution in [0.2, 0.25) is 0 Å². The van der Waals surface area contributed by atoms with Crippen LogP contribution < -0.4 is 0 Å². The molecule has 0 fully saturated rings. The summed E-state index contributed by atoms with van der Waals surface area (Å²) in [6.45, 7) is 3.53. The first-order valence-electron chi connectivity index (χ1n) is 3.26. The number of unbranched alkanes of at least 4 members (excludes halogenated alkanes) is 2. The summed E-state index contributed by atoms with van der Waals surface area (Å²) in [4.78, 5) is 0. The van der Waals surface area contributed by atoms with Crippen LogP contribution in [-0.4, -0.2) is 0 Å². The van der Waals surface area contributed by atoms with Crippen molar-refractivity contribution in [2.45, 2.75) is 25.7 Å². The molecule has 52 valence electrons. The van der Waals surface area contributed by atoms with Crippen LogP contribution in [0.15, 0.2) is 12.2 Å². The lowest BCUT2D eigenvalue weighted by atomic mass is 10.1. The number of allylic oxidation sites excluding steroid dienone is 1. The Balaban J connectivity index is 3.16. The first-order valence-corrected chi connectivity index (χ1v) is 3.26. The van der Waals surface area contributed by atoms with Crippen molar-refractivity contribution in [3.63, 3.8) is 0 Å². The van der Waals surface area contributed by atoms with E-state index in [1.165, 1.54) is 0 Å². The predicted octanol–water partition coefficient (Wildman–Crippen LogP) is 2.15. The van der Waals surface area contributed by atoms with Crippen LogP contribution in [0, 0.1) is 22.7 Å². The smallest absolute Gasteiger partial charge is 0.0940 e. The molecule has 0 aromatic heterocycles. The summed E-state index contributed by atoms with van der Waals surface area (Å²) in [5, 5.41) is 16.4. The third-order valence-electron chi connectivity index (χ3n) is 1.18. The SMILES string of the molecule is C=C(C#N)CCCCC#N. The molecule has 2 nitrogen and oxygen atoms in total. The normalized spacial score (nSPS) is 7.80. The predicted molar refractivity (Wildman–Crippen MR) is 38.8 cm³/mol. The van der Waals surface area contributed by atoms with Gasteiger partial charge in [0.05, 0.1) is 12.1 Å². The van der Waals surface area contributed by atoms with Gasteiger partial charge in [-0.1, -0.05) is 6.58 Å². The Hall–Kier alpha value is -1.28. The molecule has 0 aliphatic rings. The third kappa shape index (κ3) is 4.87. The van der Waals surface area contributed by atoms with E-state index >= 15 is 0 Å². The monoisotopic (exact) mass is 134 g/mol. The molecule has 0 saturated carbocycles. The van der Waals surface area contributed by atoms with Crippen molar-refractivity contribution < 1.29 is 0 Å². The second kappa shape index (κ2) is 5.85. The molecule has 0 amide bonds. The molecular weight excluding hydrogens is 124 g/mol. The van der Waals surface area contributed by atoms with Crippen molar-refractivity contribution in [2.75, 3.05) is 0 Å². The van der Waals surface area contributed by atoms with Crippen LogP contribution in [0.25, 0.3) is 0 Å². The van der Waals surface area contributed by atoms with Gasteiger partial charge in [0.1, 0.15) is 0 Å². The minimum atomic E-state index is 0.582. The third-order valence-corrected chi connectivity index (χ3v) is 1.18. The average molecular weight is 134 g/mol. The fraction of sp³-hybridized carbons (Fsp3) is 0.500. The first kappa shape index (κ1) is 8.72. The molecule has 0 heterocycles. The van der Waals surface area contributed by atoms with E-state index in [2.05, 4.69) is 6.58 Å². The molecule has 0 N–H and O–H groups in total. The number of nitriles is 2. The number of hydrogen-bond donors (Lipinski definition) is 0. The maximum absolute atomic E-state index is 8.28. The van der Waals surface area contributed by atoms with Crippen LogP contribution in [0.5, 0.6) is 0 Å². The molecule has 0 atom stereocenters. The Morgan fingerprint density at radius 2 is 2.00 bits per heavy atom. The lowest BCUT2D eigenvalue weighted by molar-refractivity contribution is 0.757. The maximum Gasteiger partial charge on any atom is 0.0940 e. The standard InChI is InChI=1S/C8H10N2/c1-8(7-10)5-3-2-4-6-9/h1-5H2. The Labute approximate surface area is 61.4 Å². The van der Waals surface area contributed by atoms with Crippen LogP contribution >= 0.6 is 0 Å². The highest BCUT2D eigenvalue weighted by Crippen LogP contribution is 2.04. The molecule has 2 heteroatoms. The topological polar surface area (TPSA) is 47.6 Å². The zero-order valence-electron chi connectivity index (χ0n) is 5.93. The van der Waals surface area contributed by atoms with Gasteiger partial charge in [0.2, 0.25) is 0 Å². The van der Waals surface area contributed by atoms with E-state index in [0.717, 1.165) is 19.3 Å². The lowest BCUT2D eigenvalue weighted by Gasteiger charge is -1.91. The molecule has 0 aliphatic carbocycles. The van der Waals surface area contributed by atoms with Gasteiger partial charge in [-0.3, -0.25) is 0 Å². The van der Waals surface area contributed by atoms with Crippen molar-refractivity contribution in [1.29, 1.82) is 10.5 Å². The molecule has 0 saturated heterocycles. The fourth-order valence-electron chi connectivity index (χ4n) is 0.598. The summed E-state index contributed by atoms with van der Waals surface area (Å²) in [5.74, 6) is 0. The van der Waals surface area contributed by atoms with Gasteiger partial charge >= 0.3 is 0 Å². The molecule has 0 rings (SSSR count). The zero-order chi connectivity index (χ0) is 7.82. The van der Waals surface area contributed by atoms with Gasteiger partial charge in [-0.05, 0) is 19.3 Å². The molecule has 0 aromatic rings. The summed E-state index contributed by atoms with van der Waals surface area (Å²) in [5.41, 5.74) is 0.609. The summed E-state index contributed by atoms with van der Waals surface area (Å²) < 4.78 is 0. The van der Waals surface area contributed by atoms with Gasteiger partial charge in [0, 0.05) is 12.0 Å². The van der Waals surface area contributed by atoms with Crippen molar-refractivity contribution >= 4 is 0 Å². The highest BCUT2D eigenvalue weighted by Gasteiger charge is 1.90. The van der Waals surface area contributed by atoms with E-state index in [9.17, 15) is 0 Å². The molecule has 10 heavy (non-hydrogen) atoms. The highest BCUT2D eigenvalue weighted by molar-refractivity contribution is 5.15. The van der Waals surface area contributed by atoms with Crippen molar-refractivity contribution in [2.24, 2.45) is 0 Å². The van der Waals surface area contributed by atoms with Gasteiger partial charge < -0.3 is 0 Å². The Kier molecular flexibility index (Phi) is 5.10. The quantitative estimate of drug-likeness (QED) is 0.437. The van der Waals surface area contributed by atoms with Gasteiger partial charge in [-0.25, -0.2) is 0 Å². The van der Waals surface area contributed by atoms with E-state index in [0.29, 0.717) is 12.0 Å². The second-order valence-electron chi connectivity index (χ2n) is 2.08. The second-order valence-corrected chi connectivity index (χ2v) is 2.08. The van der Waals surface area contributed by atoms with Crippen LogP contribution in [0.1, 0.15) is 25.7 Å². The average Bonchev–Trinajstić information content (AvgIpc) is 1.98.